The summed E-state index contributed by atoms with van der Waals surface area (Å²) in [6.07, 6.45) is 2.50. The molecule has 1 aromatic carbocycles. The van der Waals surface area contributed by atoms with Crippen LogP contribution in [-0.4, -0.2) is 22.9 Å². The van der Waals surface area contributed by atoms with Crippen molar-refractivity contribution in [3.8, 4) is 11.3 Å². The van der Waals surface area contributed by atoms with Crippen molar-refractivity contribution in [3.63, 3.8) is 0 Å². The number of hydrogen-bond donors (Lipinski definition) is 1. The Hall–Kier alpha value is -1.61. The minimum absolute atomic E-state index is 0.572. The molecular weight excluding hydrogens is 222 g/mol. The van der Waals surface area contributed by atoms with E-state index < -0.39 is 0 Å². The molecule has 3 heteroatoms. The van der Waals surface area contributed by atoms with Crippen molar-refractivity contribution < 1.29 is 0 Å². The molecule has 1 N–H and O–H groups in total. The number of nitrogens with one attached hydrogen (secondary N) is 1. The third-order valence-corrected chi connectivity index (χ3v) is 3.68. The number of rotatable bonds is 2. The normalized spacial score (nSPS) is 19.9. The average Bonchev–Trinajstić information content (AvgIpc) is 2.83. The third kappa shape index (κ3) is 2.18. The summed E-state index contributed by atoms with van der Waals surface area (Å²) in [6, 6.07) is 12.7. The SMILES string of the molecule is Cn1nc(C2CCCNC2)cc1-c1ccccc1. The van der Waals surface area contributed by atoms with Crippen LogP contribution >= 0.6 is 0 Å². The highest BCUT2D eigenvalue weighted by molar-refractivity contribution is 5.59. The van der Waals surface area contributed by atoms with Gasteiger partial charge in [0.05, 0.1) is 11.4 Å². The Bertz CT molecular complexity index is 510. The molecule has 1 atom stereocenters. The predicted octanol–water partition coefficient (Wildman–Crippen LogP) is 2.55. The maximum Gasteiger partial charge on any atom is 0.0681 e. The van der Waals surface area contributed by atoms with Crippen LogP contribution in [0.15, 0.2) is 36.4 Å². The van der Waals surface area contributed by atoms with Crippen molar-refractivity contribution in [2.24, 2.45) is 7.05 Å². The second-order valence-electron chi connectivity index (χ2n) is 4.99. The van der Waals surface area contributed by atoms with Crippen molar-refractivity contribution in [3.05, 3.63) is 42.1 Å². The first-order valence-electron chi connectivity index (χ1n) is 6.64. The summed E-state index contributed by atoms with van der Waals surface area (Å²) in [6.45, 7) is 2.21. The van der Waals surface area contributed by atoms with Crippen molar-refractivity contribution in [1.29, 1.82) is 0 Å². The summed E-state index contributed by atoms with van der Waals surface area (Å²) >= 11 is 0. The number of aryl methyl sites for hydroxylation is 1. The molecule has 1 fully saturated rings. The molecule has 1 aliphatic rings. The minimum Gasteiger partial charge on any atom is -0.316 e. The molecule has 3 rings (SSSR count). The predicted molar refractivity (Wildman–Crippen MR) is 73.5 cm³/mol. The third-order valence-electron chi connectivity index (χ3n) is 3.68. The molecule has 0 saturated carbocycles. The van der Waals surface area contributed by atoms with Crippen LogP contribution in [0.25, 0.3) is 11.3 Å². The van der Waals surface area contributed by atoms with E-state index >= 15 is 0 Å². The molecule has 0 radical (unpaired) electrons. The first-order chi connectivity index (χ1) is 8.84. The fraction of sp³-hybridized carbons (Fsp3) is 0.400. The van der Waals surface area contributed by atoms with Crippen LogP contribution in [0.4, 0.5) is 0 Å². The van der Waals surface area contributed by atoms with Gasteiger partial charge in [0, 0.05) is 19.5 Å². The molecular formula is C15H19N3. The van der Waals surface area contributed by atoms with Gasteiger partial charge in [-0.3, -0.25) is 4.68 Å². The second kappa shape index (κ2) is 4.94. The van der Waals surface area contributed by atoms with Crippen molar-refractivity contribution >= 4 is 0 Å². The van der Waals surface area contributed by atoms with Crippen molar-refractivity contribution in [2.75, 3.05) is 13.1 Å². The van der Waals surface area contributed by atoms with E-state index in [1.165, 1.54) is 29.8 Å². The van der Waals surface area contributed by atoms with Gasteiger partial charge < -0.3 is 5.32 Å². The highest BCUT2D eigenvalue weighted by Gasteiger charge is 2.19. The maximum absolute atomic E-state index is 4.69. The van der Waals surface area contributed by atoms with Crippen LogP contribution in [0, 0.1) is 0 Å². The van der Waals surface area contributed by atoms with Gasteiger partial charge in [0.15, 0.2) is 0 Å². The minimum atomic E-state index is 0.572. The lowest BCUT2D eigenvalue weighted by molar-refractivity contribution is 0.451. The Morgan fingerprint density at radius 3 is 2.83 bits per heavy atom. The highest BCUT2D eigenvalue weighted by Crippen LogP contribution is 2.26. The first kappa shape index (κ1) is 11.5. The van der Waals surface area contributed by atoms with Gasteiger partial charge in [-0.05, 0) is 31.0 Å². The Morgan fingerprint density at radius 1 is 1.28 bits per heavy atom. The number of piperidine rings is 1. The van der Waals surface area contributed by atoms with E-state index in [-0.39, 0.29) is 0 Å². The molecule has 0 aliphatic carbocycles. The van der Waals surface area contributed by atoms with Gasteiger partial charge in [-0.15, -0.1) is 0 Å². The Balaban J connectivity index is 1.91. The van der Waals surface area contributed by atoms with E-state index in [2.05, 4.69) is 40.7 Å². The quantitative estimate of drug-likeness (QED) is 0.875. The van der Waals surface area contributed by atoms with Crippen LogP contribution in [0.2, 0.25) is 0 Å². The van der Waals surface area contributed by atoms with Gasteiger partial charge in [-0.25, -0.2) is 0 Å². The van der Waals surface area contributed by atoms with Crippen LogP contribution in [0.5, 0.6) is 0 Å². The molecule has 0 spiro atoms. The van der Waals surface area contributed by atoms with Gasteiger partial charge >= 0.3 is 0 Å². The van der Waals surface area contributed by atoms with Gasteiger partial charge in [-0.1, -0.05) is 30.3 Å². The molecule has 1 aromatic heterocycles. The van der Waals surface area contributed by atoms with Gasteiger partial charge in [0.2, 0.25) is 0 Å². The Morgan fingerprint density at radius 2 is 2.11 bits per heavy atom. The molecule has 18 heavy (non-hydrogen) atoms. The average molecular weight is 241 g/mol. The summed E-state index contributed by atoms with van der Waals surface area (Å²) in [4.78, 5) is 0. The zero-order chi connectivity index (χ0) is 12.4. The first-order valence-corrected chi connectivity index (χ1v) is 6.64. The van der Waals surface area contributed by atoms with Crippen LogP contribution in [0.3, 0.4) is 0 Å². The standard InChI is InChI=1S/C15H19N3/c1-18-15(12-6-3-2-4-7-12)10-14(17-18)13-8-5-9-16-11-13/h2-4,6-7,10,13,16H,5,8-9,11H2,1H3. The summed E-state index contributed by atoms with van der Waals surface area (Å²) in [5, 5.41) is 8.14. The summed E-state index contributed by atoms with van der Waals surface area (Å²) in [7, 11) is 2.03. The molecule has 0 bridgehead atoms. The van der Waals surface area contributed by atoms with E-state index in [1.807, 2.05) is 17.8 Å². The zero-order valence-electron chi connectivity index (χ0n) is 10.8. The molecule has 0 amide bonds. The molecule has 2 aromatic rings. The molecule has 94 valence electrons. The smallest absolute Gasteiger partial charge is 0.0681 e. The van der Waals surface area contributed by atoms with E-state index in [9.17, 15) is 0 Å². The highest BCUT2D eigenvalue weighted by atomic mass is 15.3. The van der Waals surface area contributed by atoms with Crippen LogP contribution in [-0.2, 0) is 7.05 Å². The summed E-state index contributed by atoms with van der Waals surface area (Å²) < 4.78 is 2.00. The molecule has 3 nitrogen and oxygen atoms in total. The summed E-state index contributed by atoms with van der Waals surface area (Å²) in [5.41, 5.74) is 3.67. The van der Waals surface area contributed by atoms with E-state index in [4.69, 9.17) is 0 Å². The fourth-order valence-electron chi connectivity index (χ4n) is 2.67. The Labute approximate surface area is 108 Å². The van der Waals surface area contributed by atoms with E-state index in [0.717, 1.165) is 13.1 Å². The van der Waals surface area contributed by atoms with E-state index in [0.29, 0.717) is 5.92 Å². The van der Waals surface area contributed by atoms with Crippen LogP contribution in [0.1, 0.15) is 24.5 Å². The number of nitrogens with zero attached hydrogens (tertiary/aromatic N) is 2. The maximum atomic E-state index is 4.69. The molecule has 2 heterocycles. The monoisotopic (exact) mass is 241 g/mol. The fourth-order valence-corrected chi connectivity index (χ4v) is 2.67. The van der Waals surface area contributed by atoms with Gasteiger partial charge in [0.25, 0.3) is 0 Å². The lowest BCUT2D eigenvalue weighted by Crippen LogP contribution is -2.28. The van der Waals surface area contributed by atoms with Crippen molar-refractivity contribution in [1.82, 2.24) is 15.1 Å². The second-order valence-corrected chi connectivity index (χ2v) is 4.99. The van der Waals surface area contributed by atoms with Gasteiger partial charge in [-0.2, -0.15) is 5.10 Å². The zero-order valence-corrected chi connectivity index (χ0v) is 10.8. The molecule has 1 aliphatic heterocycles. The Kier molecular flexibility index (Phi) is 3.15. The molecule has 1 unspecified atom stereocenters. The largest absolute Gasteiger partial charge is 0.316 e. The number of benzene rings is 1. The number of hydrogen-bond acceptors (Lipinski definition) is 2. The van der Waals surface area contributed by atoms with Crippen molar-refractivity contribution in [2.45, 2.75) is 18.8 Å². The topological polar surface area (TPSA) is 29.9 Å². The van der Waals surface area contributed by atoms with E-state index in [1.54, 1.807) is 0 Å². The number of aromatic nitrogens is 2. The van der Waals surface area contributed by atoms with Gasteiger partial charge in [0.1, 0.15) is 0 Å². The lowest BCUT2D eigenvalue weighted by atomic mass is 9.96. The molecule has 1 saturated heterocycles. The lowest BCUT2D eigenvalue weighted by Gasteiger charge is -2.20. The van der Waals surface area contributed by atoms with Crippen LogP contribution < -0.4 is 5.32 Å². The summed E-state index contributed by atoms with van der Waals surface area (Å²) in [5.74, 6) is 0.572.